The molecule has 1 N–H and O–H groups in total. The molecule has 14 nitrogen and oxygen atoms in total. The molecular weight excluding hydrogens is 650 g/mol. The smallest absolute Gasteiger partial charge is 0.252 e. The Labute approximate surface area is 299 Å². The fourth-order valence-electron chi connectivity index (χ4n) is 7.55. The first-order valence-electron chi connectivity index (χ1n) is 18.0. The summed E-state index contributed by atoms with van der Waals surface area (Å²) in [5.74, 6) is 3.30. The second-order valence-corrected chi connectivity index (χ2v) is 13.6. The van der Waals surface area contributed by atoms with Crippen LogP contribution in [0.15, 0.2) is 18.5 Å². The molecule has 0 spiro atoms. The van der Waals surface area contributed by atoms with Gasteiger partial charge in [0.05, 0.1) is 33.4 Å². The van der Waals surface area contributed by atoms with Gasteiger partial charge in [-0.15, -0.1) is 0 Å². The van der Waals surface area contributed by atoms with Gasteiger partial charge < -0.3 is 29.3 Å². The fourth-order valence-corrected chi connectivity index (χ4v) is 7.55. The molecule has 5 heterocycles. The van der Waals surface area contributed by atoms with Crippen molar-refractivity contribution in [3.05, 3.63) is 41.0 Å². The Kier molecular flexibility index (Phi) is 11.4. The third-order valence-electron chi connectivity index (χ3n) is 10.3. The number of hydrogen-bond acceptors (Lipinski definition) is 11. The van der Waals surface area contributed by atoms with Crippen LogP contribution in [0.3, 0.4) is 0 Å². The molecule has 1 unspecified atom stereocenters. The van der Waals surface area contributed by atoms with E-state index in [1.165, 1.54) is 6.33 Å². The maximum Gasteiger partial charge on any atom is 0.252 e. The van der Waals surface area contributed by atoms with Gasteiger partial charge in [-0.25, -0.2) is 14.5 Å². The molecule has 2 amide bonds. The number of nitrogens with one attached hydrogen (secondary N) is 1. The number of nitrogens with zero attached hydrogens (tertiary/aromatic N) is 8. The number of carbonyl (C=O) groups excluding carboxylic acids is 2. The third kappa shape index (κ3) is 7.80. The van der Waals surface area contributed by atoms with E-state index in [2.05, 4.69) is 43.2 Å². The molecule has 51 heavy (non-hydrogen) atoms. The van der Waals surface area contributed by atoms with Crippen LogP contribution in [0.2, 0.25) is 0 Å². The second-order valence-electron chi connectivity index (χ2n) is 13.6. The van der Waals surface area contributed by atoms with Crippen LogP contribution in [0.25, 0.3) is 16.7 Å². The van der Waals surface area contributed by atoms with Crippen LogP contribution in [0.4, 0.5) is 5.82 Å². The highest BCUT2D eigenvalue weighted by Gasteiger charge is 2.27. The zero-order valence-corrected chi connectivity index (χ0v) is 30.8. The molecule has 1 saturated heterocycles. The van der Waals surface area contributed by atoms with E-state index in [4.69, 9.17) is 19.2 Å². The molecule has 2 aliphatic heterocycles. The zero-order chi connectivity index (χ0) is 36.1. The van der Waals surface area contributed by atoms with Crippen molar-refractivity contribution in [1.82, 2.24) is 39.7 Å². The van der Waals surface area contributed by atoms with Gasteiger partial charge >= 0.3 is 0 Å². The van der Waals surface area contributed by atoms with Crippen molar-refractivity contribution in [3.8, 4) is 17.2 Å². The van der Waals surface area contributed by atoms with Gasteiger partial charge in [0, 0.05) is 67.5 Å². The van der Waals surface area contributed by atoms with Crippen molar-refractivity contribution >= 4 is 34.3 Å². The SMILES string of the molecule is CCN1CCCCN(C(=O)CCc2c(C)nc3ncnn3c2C)CC(=O)NCC2CCCN(C2)c2nc3cc(OC)c(OC)c(OC)c3cc2C1. The Morgan fingerprint density at radius 1 is 0.980 bits per heavy atom. The molecule has 1 aromatic carbocycles. The van der Waals surface area contributed by atoms with Crippen molar-refractivity contribution in [1.29, 1.82) is 0 Å². The average molecular weight is 702 g/mol. The molecular formula is C37H51N9O5. The number of carbonyl (C=O) groups is 2. The average Bonchev–Trinajstić information content (AvgIpc) is 3.61. The van der Waals surface area contributed by atoms with Gasteiger partial charge in [0.25, 0.3) is 5.78 Å². The Balaban J connectivity index is 1.24. The summed E-state index contributed by atoms with van der Waals surface area (Å²) in [6, 6.07) is 4.10. The monoisotopic (exact) mass is 701 g/mol. The first-order chi connectivity index (χ1) is 24.7. The number of aryl methyl sites for hydroxylation is 2. The summed E-state index contributed by atoms with van der Waals surface area (Å²) in [5.41, 5.74) is 4.65. The van der Waals surface area contributed by atoms with E-state index in [9.17, 15) is 9.59 Å². The van der Waals surface area contributed by atoms with Crippen molar-refractivity contribution in [2.24, 2.45) is 5.92 Å². The normalized spacial score (nSPS) is 18.1. The van der Waals surface area contributed by atoms with E-state index in [1.54, 1.807) is 30.7 Å². The van der Waals surface area contributed by atoms with E-state index in [-0.39, 0.29) is 30.7 Å². The molecule has 1 atom stereocenters. The molecule has 2 aliphatic rings. The number of anilines is 1. The van der Waals surface area contributed by atoms with Gasteiger partial charge in [-0.2, -0.15) is 10.1 Å². The predicted octanol–water partition coefficient (Wildman–Crippen LogP) is 3.72. The van der Waals surface area contributed by atoms with Crippen molar-refractivity contribution in [2.45, 2.75) is 65.8 Å². The van der Waals surface area contributed by atoms with Crippen LogP contribution in [0.5, 0.6) is 17.2 Å². The number of fused-ring (bicyclic) bond motifs is 6. The van der Waals surface area contributed by atoms with Crippen LogP contribution in [-0.2, 0) is 22.6 Å². The summed E-state index contributed by atoms with van der Waals surface area (Å²) in [4.78, 5) is 47.6. The molecule has 1 fully saturated rings. The van der Waals surface area contributed by atoms with E-state index in [1.807, 2.05) is 19.9 Å². The summed E-state index contributed by atoms with van der Waals surface area (Å²) in [5, 5.41) is 8.32. The molecule has 3 aromatic heterocycles. The minimum Gasteiger partial charge on any atom is -0.493 e. The second kappa shape index (κ2) is 16.1. The largest absolute Gasteiger partial charge is 0.493 e. The van der Waals surface area contributed by atoms with E-state index in [0.29, 0.717) is 42.5 Å². The topological polar surface area (TPSA) is 140 Å². The van der Waals surface area contributed by atoms with Gasteiger partial charge in [0.15, 0.2) is 11.5 Å². The number of pyridine rings is 1. The number of amides is 2. The zero-order valence-electron chi connectivity index (χ0n) is 30.8. The van der Waals surface area contributed by atoms with E-state index < -0.39 is 0 Å². The maximum absolute atomic E-state index is 13.7. The van der Waals surface area contributed by atoms with Crippen LogP contribution in [0.1, 0.15) is 61.5 Å². The third-order valence-corrected chi connectivity index (χ3v) is 10.3. The number of piperidine rings is 1. The standard InChI is InChI=1S/C37H51N9O5/c1-7-43-14-8-9-15-44(33(48)13-12-28-24(2)41-37-39-23-40-46(37)25(28)3)22-32(47)38-19-26-11-10-16-45(20-26)36-27(21-43)17-29-30(42-36)18-31(49-4)35(51-6)34(29)50-5/h17-18,23,26H,7-16,19-22H2,1-6H3,(H,38,47). The fraction of sp³-hybridized carbons (Fsp3) is 0.568. The molecule has 274 valence electrons. The Hall–Kier alpha value is -4.72. The minimum absolute atomic E-state index is 0.0344. The summed E-state index contributed by atoms with van der Waals surface area (Å²) in [6.45, 7) is 11.3. The number of methoxy groups -OCH3 is 3. The number of aromatic nitrogens is 5. The Morgan fingerprint density at radius 3 is 2.55 bits per heavy atom. The van der Waals surface area contributed by atoms with Gasteiger partial charge in [0.1, 0.15) is 12.1 Å². The lowest BCUT2D eigenvalue weighted by Gasteiger charge is -2.36. The molecule has 0 saturated carbocycles. The first kappa shape index (κ1) is 36.1. The number of benzene rings is 1. The number of ether oxygens (including phenoxy) is 3. The quantitative estimate of drug-likeness (QED) is 0.302. The lowest BCUT2D eigenvalue weighted by atomic mass is 9.97. The molecule has 2 bridgehead atoms. The number of hydrogen-bond donors (Lipinski definition) is 1. The highest BCUT2D eigenvalue weighted by molar-refractivity contribution is 5.92. The molecule has 6 rings (SSSR count). The lowest BCUT2D eigenvalue weighted by Crippen LogP contribution is -2.45. The lowest BCUT2D eigenvalue weighted by molar-refractivity contribution is -0.136. The predicted molar refractivity (Wildman–Crippen MR) is 195 cm³/mol. The van der Waals surface area contributed by atoms with Crippen molar-refractivity contribution in [2.75, 3.05) is 72.0 Å². The van der Waals surface area contributed by atoms with Gasteiger partial charge in [-0.05, 0) is 76.6 Å². The van der Waals surface area contributed by atoms with Crippen LogP contribution in [0, 0.1) is 19.8 Å². The molecule has 0 radical (unpaired) electrons. The Bertz CT molecular complexity index is 1880. The summed E-state index contributed by atoms with van der Waals surface area (Å²) < 4.78 is 18.9. The first-order valence-corrected chi connectivity index (χ1v) is 18.0. The van der Waals surface area contributed by atoms with Gasteiger partial charge in [-0.1, -0.05) is 6.92 Å². The number of rotatable bonds is 7. The van der Waals surface area contributed by atoms with Gasteiger partial charge in [-0.3, -0.25) is 14.5 Å². The molecule has 4 aromatic rings. The van der Waals surface area contributed by atoms with E-state index >= 15 is 0 Å². The molecule has 0 aliphatic carbocycles. The molecule has 14 heteroatoms. The maximum atomic E-state index is 13.7. The van der Waals surface area contributed by atoms with Crippen LogP contribution in [-0.4, -0.2) is 113 Å². The highest BCUT2D eigenvalue weighted by Crippen LogP contribution is 2.44. The van der Waals surface area contributed by atoms with Crippen molar-refractivity contribution < 1.29 is 23.8 Å². The summed E-state index contributed by atoms with van der Waals surface area (Å²) in [6.07, 6.45) is 5.94. The highest BCUT2D eigenvalue weighted by atomic mass is 16.5. The van der Waals surface area contributed by atoms with Gasteiger partial charge in [0.2, 0.25) is 17.6 Å². The summed E-state index contributed by atoms with van der Waals surface area (Å²) >= 11 is 0. The Morgan fingerprint density at radius 2 is 1.78 bits per heavy atom. The van der Waals surface area contributed by atoms with Crippen molar-refractivity contribution in [3.63, 3.8) is 0 Å². The summed E-state index contributed by atoms with van der Waals surface area (Å²) in [7, 11) is 4.87. The minimum atomic E-state index is -0.126. The van der Waals surface area contributed by atoms with Crippen LogP contribution < -0.4 is 24.4 Å². The van der Waals surface area contributed by atoms with E-state index in [0.717, 1.165) is 97.6 Å². The van der Waals surface area contributed by atoms with Crippen LogP contribution >= 0.6 is 0 Å².